The second-order valence-electron chi connectivity index (χ2n) is 4.84. The normalized spacial score (nSPS) is 18.0. The molecule has 7 heteroatoms. The summed E-state index contributed by atoms with van der Waals surface area (Å²) >= 11 is 0. The van der Waals surface area contributed by atoms with Crippen LogP contribution in [-0.2, 0) is 14.8 Å². The van der Waals surface area contributed by atoms with E-state index in [1.54, 1.807) is 24.3 Å². The predicted octanol–water partition coefficient (Wildman–Crippen LogP) is 1.02. The Balaban J connectivity index is 1.74. The lowest BCUT2D eigenvalue weighted by Crippen LogP contribution is -2.27. The van der Waals surface area contributed by atoms with Crippen LogP contribution in [0.25, 0.3) is 0 Å². The van der Waals surface area contributed by atoms with Crippen LogP contribution < -0.4 is 11.1 Å². The quantitative estimate of drug-likeness (QED) is 0.794. The van der Waals surface area contributed by atoms with Crippen molar-refractivity contribution in [2.45, 2.75) is 19.3 Å². The Hall–Kier alpha value is -1.60. The van der Waals surface area contributed by atoms with Gasteiger partial charge in [-0.1, -0.05) is 0 Å². The average molecular weight is 297 g/mol. The number of benzene rings is 1. The van der Waals surface area contributed by atoms with E-state index in [2.05, 4.69) is 5.32 Å². The minimum atomic E-state index is -3.06. The van der Waals surface area contributed by atoms with Crippen molar-refractivity contribution >= 4 is 27.3 Å². The number of hydrogen-bond acceptors (Lipinski definition) is 4. The molecule has 1 aliphatic rings. The van der Waals surface area contributed by atoms with Crippen molar-refractivity contribution < 1.29 is 13.2 Å². The summed E-state index contributed by atoms with van der Waals surface area (Å²) < 4.78 is 24.6. The molecule has 6 nitrogen and oxygen atoms in total. The molecule has 1 fully saturated rings. The number of nitrogen functional groups attached to an aromatic ring is 1. The summed E-state index contributed by atoms with van der Waals surface area (Å²) in [5, 5.41) is 2.75. The minimum absolute atomic E-state index is 0.119. The van der Waals surface area contributed by atoms with E-state index in [0.29, 0.717) is 43.7 Å². The number of amides is 1. The maximum atomic E-state index is 11.7. The lowest BCUT2D eigenvalue weighted by Gasteiger charge is -2.13. The van der Waals surface area contributed by atoms with Gasteiger partial charge in [0.05, 0.1) is 5.75 Å². The van der Waals surface area contributed by atoms with Crippen LogP contribution in [0.4, 0.5) is 11.4 Å². The zero-order chi connectivity index (χ0) is 14.6. The number of hydrogen-bond donors (Lipinski definition) is 2. The van der Waals surface area contributed by atoms with Crippen molar-refractivity contribution in [1.82, 2.24) is 4.31 Å². The van der Waals surface area contributed by atoms with Crippen molar-refractivity contribution in [2.24, 2.45) is 0 Å². The van der Waals surface area contributed by atoms with Crippen LogP contribution in [0.15, 0.2) is 24.3 Å². The molecule has 1 heterocycles. The summed E-state index contributed by atoms with van der Waals surface area (Å²) in [6, 6.07) is 6.90. The smallest absolute Gasteiger partial charge is 0.224 e. The van der Waals surface area contributed by atoms with E-state index >= 15 is 0 Å². The molecule has 0 saturated carbocycles. The lowest BCUT2D eigenvalue weighted by molar-refractivity contribution is -0.116. The second kappa shape index (κ2) is 6.23. The Bertz CT molecular complexity index is 569. The van der Waals surface area contributed by atoms with Crippen molar-refractivity contribution in [3.63, 3.8) is 0 Å². The van der Waals surface area contributed by atoms with Gasteiger partial charge in [-0.3, -0.25) is 4.79 Å². The summed E-state index contributed by atoms with van der Waals surface area (Å²) in [5.74, 6) is 0.108. The van der Waals surface area contributed by atoms with Gasteiger partial charge in [0.2, 0.25) is 15.9 Å². The number of anilines is 2. The van der Waals surface area contributed by atoms with Crippen LogP contribution in [-0.4, -0.2) is 37.5 Å². The molecule has 1 aliphatic heterocycles. The summed E-state index contributed by atoms with van der Waals surface area (Å²) in [6.45, 7) is 0.986. The highest BCUT2D eigenvalue weighted by molar-refractivity contribution is 7.89. The second-order valence-corrected chi connectivity index (χ2v) is 6.93. The zero-order valence-electron chi connectivity index (χ0n) is 11.2. The monoisotopic (exact) mass is 297 g/mol. The van der Waals surface area contributed by atoms with E-state index in [1.807, 2.05) is 0 Å². The summed E-state index contributed by atoms with van der Waals surface area (Å²) in [6.07, 6.45) is 1.51. The van der Waals surface area contributed by atoms with Crippen molar-refractivity contribution in [1.29, 1.82) is 0 Å². The number of rotatable bonds is 5. The fraction of sp³-hybridized carbons (Fsp3) is 0.462. The predicted molar refractivity (Wildman–Crippen MR) is 78.7 cm³/mol. The first-order valence-corrected chi connectivity index (χ1v) is 8.21. The van der Waals surface area contributed by atoms with Gasteiger partial charge in [-0.15, -0.1) is 0 Å². The van der Waals surface area contributed by atoms with Gasteiger partial charge in [0.25, 0.3) is 0 Å². The fourth-order valence-electron chi connectivity index (χ4n) is 2.15. The van der Waals surface area contributed by atoms with Crippen molar-refractivity contribution in [3.05, 3.63) is 24.3 Å². The van der Waals surface area contributed by atoms with Crippen LogP contribution in [0.1, 0.15) is 19.3 Å². The van der Waals surface area contributed by atoms with Gasteiger partial charge < -0.3 is 11.1 Å². The molecule has 0 spiro atoms. The molecule has 1 aromatic rings. The van der Waals surface area contributed by atoms with E-state index < -0.39 is 10.0 Å². The molecule has 2 rings (SSSR count). The zero-order valence-corrected chi connectivity index (χ0v) is 12.0. The molecule has 3 N–H and O–H groups in total. The highest BCUT2D eigenvalue weighted by Crippen LogP contribution is 2.15. The molecule has 0 aliphatic carbocycles. The number of carbonyl (C=O) groups excluding carboxylic acids is 1. The number of nitrogens with two attached hydrogens (primary N) is 1. The van der Waals surface area contributed by atoms with Gasteiger partial charge >= 0.3 is 0 Å². The molecule has 1 saturated heterocycles. The van der Waals surface area contributed by atoms with E-state index in [1.165, 1.54) is 4.31 Å². The number of carbonyl (C=O) groups is 1. The van der Waals surface area contributed by atoms with E-state index in [-0.39, 0.29) is 11.7 Å². The van der Waals surface area contributed by atoms with Gasteiger partial charge in [-0.05, 0) is 37.1 Å². The van der Waals surface area contributed by atoms with Crippen LogP contribution in [0.3, 0.4) is 0 Å². The largest absolute Gasteiger partial charge is 0.399 e. The number of sulfonamides is 1. The molecule has 1 amide bonds. The van der Waals surface area contributed by atoms with Gasteiger partial charge in [0.15, 0.2) is 0 Å². The van der Waals surface area contributed by atoms with Gasteiger partial charge in [0, 0.05) is 30.9 Å². The van der Waals surface area contributed by atoms with E-state index in [9.17, 15) is 13.2 Å². The third kappa shape index (κ3) is 3.94. The SMILES string of the molecule is Nc1ccc(NC(=O)CCCN2CCCS2(=O)=O)cc1. The first-order valence-electron chi connectivity index (χ1n) is 6.60. The molecule has 20 heavy (non-hydrogen) atoms. The summed E-state index contributed by atoms with van der Waals surface area (Å²) in [5.41, 5.74) is 6.89. The topological polar surface area (TPSA) is 92.5 Å². The first-order chi connectivity index (χ1) is 9.47. The molecule has 0 aromatic heterocycles. The summed E-state index contributed by atoms with van der Waals surface area (Å²) in [7, 11) is -3.06. The highest BCUT2D eigenvalue weighted by atomic mass is 32.2. The molecule has 0 bridgehead atoms. The molecule has 0 radical (unpaired) electrons. The number of nitrogens with zero attached hydrogens (tertiary/aromatic N) is 1. The van der Waals surface area contributed by atoms with Gasteiger partial charge in [0.1, 0.15) is 0 Å². The molecule has 0 atom stereocenters. The number of nitrogens with one attached hydrogen (secondary N) is 1. The molecule has 0 unspecified atom stereocenters. The Kier molecular flexibility index (Phi) is 4.61. The third-order valence-electron chi connectivity index (χ3n) is 3.21. The van der Waals surface area contributed by atoms with Crippen molar-refractivity contribution in [2.75, 3.05) is 29.9 Å². The average Bonchev–Trinajstić information content (AvgIpc) is 2.72. The van der Waals surface area contributed by atoms with Crippen LogP contribution in [0, 0.1) is 0 Å². The molecule has 1 aromatic carbocycles. The maximum Gasteiger partial charge on any atom is 0.224 e. The fourth-order valence-corrected chi connectivity index (χ4v) is 3.71. The Morgan fingerprint density at radius 2 is 2.00 bits per heavy atom. The first kappa shape index (κ1) is 14.8. The molecule has 110 valence electrons. The summed E-state index contributed by atoms with van der Waals surface area (Å²) in [4.78, 5) is 11.7. The molecular weight excluding hydrogens is 278 g/mol. The minimum Gasteiger partial charge on any atom is -0.399 e. The van der Waals surface area contributed by atoms with E-state index in [4.69, 9.17) is 5.73 Å². The third-order valence-corrected chi connectivity index (χ3v) is 5.17. The van der Waals surface area contributed by atoms with Crippen molar-refractivity contribution in [3.8, 4) is 0 Å². The lowest BCUT2D eigenvalue weighted by atomic mass is 10.2. The highest BCUT2D eigenvalue weighted by Gasteiger charge is 2.27. The van der Waals surface area contributed by atoms with Gasteiger partial charge in [-0.2, -0.15) is 0 Å². The maximum absolute atomic E-state index is 11.7. The Morgan fingerprint density at radius 1 is 1.30 bits per heavy atom. The standard InChI is InChI=1S/C13H19N3O3S/c14-11-4-6-12(7-5-11)15-13(17)3-1-8-16-9-2-10-20(16,18)19/h4-7H,1-3,8-10,14H2,(H,15,17). The van der Waals surface area contributed by atoms with Crippen LogP contribution >= 0.6 is 0 Å². The Labute approximate surface area is 119 Å². The van der Waals surface area contributed by atoms with Crippen LogP contribution in [0.5, 0.6) is 0 Å². The Morgan fingerprint density at radius 3 is 2.60 bits per heavy atom. The van der Waals surface area contributed by atoms with E-state index in [0.717, 1.165) is 0 Å². The molecular formula is C13H19N3O3S. The van der Waals surface area contributed by atoms with Crippen LogP contribution in [0.2, 0.25) is 0 Å². The van der Waals surface area contributed by atoms with Gasteiger partial charge in [-0.25, -0.2) is 12.7 Å².